The lowest BCUT2D eigenvalue weighted by molar-refractivity contribution is 0.527. The molecule has 0 radical (unpaired) electrons. The van der Waals surface area contributed by atoms with Gasteiger partial charge in [-0.2, -0.15) is 0 Å². The number of benzene rings is 7. The van der Waals surface area contributed by atoms with Crippen LogP contribution in [0.4, 0.5) is 0 Å². The largest absolute Gasteiger partial charge is 0.460 e. The van der Waals surface area contributed by atoms with Gasteiger partial charge in [0, 0.05) is 45.2 Å². The maximum atomic E-state index is 6.52. The number of aromatic nitrogens is 3. The monoisotopic (exact) mass is 667 g/mol. The predicted molar refractivity (Wildman–Crippen MR) is 210 cm³/mol. The molecule has 0 spiro atoms. The summed E-state index contributed by atoms with van der Waals surface area (Å²) in [6.07, 6.45) is 5.04. The van der Waals surface area contributed by atoms with Crippen LogP contribution in [0.3, 0.4) is 0 Å². The first-order chi connectivity index (χ1) is 25.7. The Morgan fingerprint density at radius 2 is 1.12 bits per heavy atom. The number of hydrogen-bond acceptors (Lipinski definition) is 5. The molecule has 1 aliphatic rings. The molecule has 5 heteroatoms. The SMILES string of the molecule is C1=CC(c2nc(-c3ccccc3)nc(-c3ccc4ccccc4c3)n2)Cc2oc3ccc(-c4ccc5c(c4)oc4cc6ccccc6cc45)cc3c21. The van der Waals surface area contributed by atoms with E-state index in [1.54, 1.807) is 0 Å². The summed E-state index contributed by atoms with van der Waals surface area (Å²) in [7, 11) is 0. The predicted octanol–water partition coefficient (Wildman–Crippen LogP) is 12.2. The molecule has 7 aromatic carbocycles. The minimum atomic E-state index is -0.0654. The van der Waals surface area contributed by atoms with Gasteiger partial charge < -0.3 is 8.83 Å². The Morgan fingerprint density at radius 1 is 0.442 bits per heavy atom. The second-order valence-corrected chi connectivity index (χ2v) is 13.6. The Balaban J connectivity index is 0.959. The maximum Gasteiger partial charge on any atom is 0.163 e. The fourth-order valence-electron chi connectivity index (χ4n) is 7.71. The molecule has 5 nitrogen and oxygen atoms in total. The van der Waals surface area contributed by atoms with Gasteiger partial charge in [-0.15, -0.1) is 0 Å². The van der Waals surface area contributed by atoms with Crippen LogP contribution < -0.4 is 0 Å². The molecule has 11 rings (SSSR count). The van der Waals surface area contributed by atoms with Crippen molar-refractivity contribution >= 4 is 60.5 Å². The molecule has 0 aliphatic heterocycles. The van der Waals surface area contributed by atoms with E-state index < -0.39 is 0 Å². The topological polar surface area (TPSA) is 65.0 Å². The molecule has 0 saturated carbocycles. The molecule has 244 valence electrons. The van der Waals surface area contributed by atoms with Gasteiger partial charge in [0.25, 0.3) is 0 Å². The highest BCUT2D eigenvalue weighted by atomic mass is 16.3. The summed E-state index contributed by atoms with van der Waals surface area (Å²) in [6.45, 7) is 0. The van der Waals surface area contributed by atoms with E-state index in [4.69, 9.17) is 23.8 Å². The van der Waals surface area contributed by atoms with Crippen molar-refractivity contribution in [1.29, 1.82) is 0 Å². The molecule has 52 heavy (non-hydrogen) atoms. The summed E-state index contributed by atoms with van der Waals surface area (Å²) in [4.78, 5) is 15.1. The number of hydrogen-bond donors (Lipinski definition) is 0. The number of furan rings is 2. The van der Waals surface area contributed by atoms with Crippen molar-refractivity contribution in [3.8, 4) is 33.9 Å². The Labute approximate surface area is 298 Å². The quantitative estimate of drug-likeness (QED) is 0.187. The van der Waals surface area contributed by atoms with E-state index in [1.807, 2.05) is 30.3 Å². The minimum Gasteiger partial charge on any atom is -0.460 e. The first-order valence-corrected chi connectivity index (χ1v) is 17.6. The van der Waals surface area contributed by atoms with Gasteiger partial charge in [0.2, 0.25) is 0 Å². The fourth-order valence-corrected chi connectivity index (χ4v) is 7.71. The highest BCUT2D eigenvalue weighted by Crippen LogP contribution is 2.40. The first-order valence-electron chi connectivity index (χ1n) is 17.6. The highest BCUT2D eigenvalue weighted by molar-refractivity contribution is 6.10. The van der Waals surface area contributed by atoms with E-state index in [0.717, 1.165) is 77.7 Å². The second-order valence-electron chi connectivity index (χ2n) is 13.6. The Morgan fingerprint density at radius 3 is 1.96 bits per heavy atom. The molecule has 0 amide bonds. The smallest absolute Gasteiger partial charge is 0.163 e. The standard InChI is InChI=1S/C47H29N3O2/c1-2-9-29(10-3-1)45-48-46(35-15-14-28-8-4-5-11-30(28)22-35)50-47(49-45)36-17-20-37-39-24-33(18-21-41(39)51-43(37)27-36)34-16-19-38-40-23-31-12-6-7-13-32(31)25-44(40)52-42(38)26-34/h1-26,36H,27H2. The van der Waals surface area contributed by atoms with Crippen LogP contribution in [0.25, 0.3) is 94.4 Å². The van der Waals surface area contributed by atoms with Crippen molar-refractivity contribution < 1.29 is 8.83 Å². The third-order valence-corrected chi connectivity index (χ3v) is 10.4. The maximum absolute atomic E-state index is 6.52. The molecule has 1 unspecified atom stereocenters. The average Bonchev–Trinajstić information content (AvgIpc) is 3.76. The van der Waals surface area contributed by atoms with Crippen molar-refractivity contribution in [2.45, 2.75) is 12.3 Å². The molecule has 0 N–H and O–H groups in total. The zero-order chi connectivity index (χ0) is 34.2. The van der Waals surface area contributed by atoms with Crippen LogP contribution in [0.2, 0.25) is 0 Å². The van der Waals surface area contributed by atoms with Crippen molar-refractivity contribution in [3.63, 3.8) is 0 Å². The lowest BCUT2D eigenvalue weighted by Crippen LogP contribution is -2.11. The molecular formula is C47H29N3O2. The van der Waals surface area contributed by atoms with Gasteiger partial charge in [0.1, 0.15) is 28.3 Å². The third kappa shape index (κ3) is 4.74. The summed E-state index contributed by atoms with van der Waals surface area (Å²) in [5.41, 5.74) is 7.91. The molecule has 3 heterocycles. The highest BCUT2D eigenvalue weighted by Gasteiger charge is 2.25. The average molecular weight is 668 g/mol. The van der Waals surface area contributed by atoms with Crippen LogP contribution in [0.1, 0.15) is 23.1 Å². The zero-order valence-corrected chi connectivity index (χ0v) is 28.0. The number of allylic oxidation sites excluding steroid dienone is 1. The van der Waals surface area contributed by atoms with E-state index in [1.165, 1.54) is 16.2 Å². The third-order valence-electron chi connectivity index (χ3n) is 10.4. The van der Waals surface area contributed by atoms with Gasteiger partial charge in [0.15, 0.2) is 11.6 Å². The van der Waals surface area contributed by atoms with Gasteiger partial charge in [0.05, 0.1) is 0 Å². The summed E-state index contributed by atoms with van der Waals surface area (Å²) in [5.74, 6) is 2.93. The normalized spacial score (nSPS) is 14.2. The lowest BCUT2D eigenvalue weighted by atomic mass is 9.92. The Bertz CT molecular complexity index is 3060. The molecular weight excluding hydrogens is 639 g/mol. The van der Waals surface area contributed by atoms with Crippen LogP contribution in [0.15, 0.2) is 161 Å². The van der Waals surface area contributed by atoms with Crippen LogP contribution >= 0.6 is 0 Å². The van der Waals surface area contributed by atoms with Gasteiger partial charge in [-0.1, -0.05) is 115 Å². The van der Waals surface area contributed by atoms with E-state index >= 15 is 0 Å². The first kappa shape index (κ1) is 28.9. The molecule has 3 aromatic heterocycles. The van der Waals surface area contributed by atoms with Gasteiger partial charge in [-0.3, -0.25) is 0 Å². The minimum absolute atomic E-state index is 0.0654. The van der Waals surface area contributed by atoms with Crippen LogP contribution in [-0.2, 0) is 6.42 Å². The van der Waals surface area contributed by atoms with Crippen LogP contribution in [-0.4, -0.2) is 15.0 Å². The molecule has 0 saturated heterocycles. The summed E-state index contributed by atoms with van der Waals surface area (Å²) < 4.78 is 12.9. The van der Waals surface area contributed by atoms with Gasteiger partial charge in [-0.25, -0.2) is 15.0 Å². The molecule has 10 aromatic rings. The van der Waals surface area contributed by atoms with Crippen LogP contribution in [0, 0.1) is 0 Å². The van der Waals surface area contributed by atoms with E-state index in [-0.39, 0.29) is 5.92 Å². The van der Waals surface area contributed by atoms with Crippen molar-refractivity contribution in [2.24, 2.45) is 0 Å². The van der Waals surface area contributed by atoms with Gasteiger partial charge >= 0.3 is 0 Å². The second kappa shape index (κ2) is 11.3. The zero-order valence-electron chi connectivity index (χ0n) is 28.0. The molecule has 1 aliphatic carbocycles. The summed E-state index contributed by atoms with van der Waals surface area (Å²) in [5, 5.41) is 8.08. The van der Waals surface area contributed by atoms with Crippen LogP contribution in [0.5, 0.6) is 0 Å². The number of nitrogens with zero attached hydrogens (tertiary/aromatic N) is 3. The number of fused-ring (bicyclic) bond motifs is 8. The molecule has 1 atom stereocenters. The van der Waals surface area contributed by atoms with Gasteiger partial charge in [-0.05, 0) is 75.1 Å². The fraction of sp³-hybridized carbons (Fsp3) is 0.0426. The van der Waals surface area contributed by atoms with E-state index in [2.05, 4.69) is 127 Å². The number of rotatable bonds is 4. The summed E-state index contributed by atoms with van der Waals surface area (Å²) in [6, 6.07) is 50.6. The molecule has 0 bridgehead atoms. The van der Waals surface area contributed by atoms with Crippen molar-refractivity contribution in [2.75, 3.05) is 0 Å². The molecule has 0 fully saturated rings. The lowest BCUT2D eigenvalue weighted by Gasteiger charge is -2.16. The Kier molecular flexibility index (Phi) is 6.31. The van der Waals surface area contributed by atoms with E-state index in [9.17, 15) is 0 Å². The summed E-state index contributed by atoms with van der Waals surface area (Å²) >= 11 is 0. The van der Waals surface area contributed by atoms with E-state index in [0.29, 0.717) is 18.1 Å². The Hall–Kier alpha value is -6.85. The van der Waals surface area contributed by atoms with Crippen molar-refractivity contribution in [3.05, 3.63) is 169 Å². The van der Waals surface area contributed by atoms with Crippen molar-refractivity contribution in [1.82, 2.24) is 15.0 Å².